The fraction of sp³-hybridized carbons (Fsp3) is 0.571. The molecule has 0 spiro atoms. The van der Waals surface area contributed by atoms with Crippen LogP contribution < -0.4 is 30.6 Å². The van der Waals surface area contributed by atoms with E-state index < -0.39 is 35.8 Å². The summed E-state index contributed by atoms with van der Waals surface area (Å²) >= 11 is 0. The van der Waals surface area contributed by atoms with Crippen LogP contribution >= 0.6 is 0 Å². The lowest BCUT2D eigenvalue weighted by Gasteiger charge is -2.09. The van der Waals surface area contributed by atoms with Crippen LogP contribution in [0, 0.1) is 20.8 Å². The maximum absolute atomic E-state index is 10.3. The van der Waals surface area contributed by atoms with E-state index in [-0.39, 0.29) is 50.7 Å². The van der Waals surface area contributed by atoms with Gasteiger partial charge in [-0.05, 0) is 0 Å². The van der Waals surface area contributed by atoms with Gasteiger partial charge in [-0.15, -0.1) is 0 Å². The summed E-state index contributed by atoms with van der Waals surface area (Å²) in [5, 5.41) is 61.9. The molecule has 12 nitrogen and oxygen atoms in total. The highest BCUT2D eigenvalue weighted by atomic mass is 27.0. The van der Waals surface area contributed by atoms with Crippen molar-refractivity contribution in [1.82, 2.24) is 0 Å². The Balaban J connectivity index is -0.000000408. The molecule has 0 bridgehead atoms. The van der Waals surface area contributed by atoms with Gasteiger partial charge >= 0.3 is 0 Å². The second-order valence-corrected chi connectivity index (χ2v) is 18.5. The molecular weight excluding hydrogens is 976 g/mol. The van der Waals surface area contributed by atoms with Crippen molar-refractivity contribution in [3.63, 3.8) is 0 Å². The molecule has 0 unspecified atom stereocenters. The summed E-state index contributed by atoms with van der Waals surface area (Å²) in [5.41, 5.74) is -2.18. The Kier molecular flexibility index (Phi) is 58.9. The molecule has 3 aromatic rings. The van der Waals surface area contributed by atoms with Crippen molar-refractivity contribution in [2.24, 2.45) is 0 Å². The molecule has 0 amide bonds. The third kappa shape index (κ3) is 47.5. The number of carboxylic acid groups (broad SMARTS) is 6. The first-order valence-electron chi connectivity index (χ1n) is 28.1. The van der Waals surface area contributed by atoms with E-state index in [1.165, 1.54) is 229 Å². The highest BCUT2D eigenvalue weighted by Crippen LogP contribution is 2.14. The van der Waals surface area contributed by atoms with Crippen molar-refractivity contribution in [2.75, 3.05) is 0 Å². The minimum atomic E-state index is -1.52. The van der Waals surface area contributed by atoms with E-state index in [0.29, 0.717) is 0 Å². The van der Waals surface area contributed by atoms with Crippen LogP contribution in [0.4, 0.5) is 0 Å². The predicted molar refractivity (Wildman–Crippen MR) is 297 cm³/mol. The average molecular weight is 1070 g/mol. The lowest BCUT2D eigenvalue weighted by Crippen LogP contribution is -2.29. The van der Waals surface area contributed by atoms with Crippen LogP contribution in [0.1, 0.15) is 295 Å². The van der Waals surface area contributed by atoms with Gasteiger partial charge < -0.3 is 59.4 Å². The highest BCUT2D eigenvalue weighted by Gasteiger charge is 2.04. The number of carbonyl (C=O) groups excluding carboxylic acids is 6. The molecule has 0 saturated heterocycles. The molecule has 0 aliphatic carbocycles. The molecule has 0 fully saturated rings. The van der Waals surface area contributed by atoms with Gasteiger partial charge in [0, 0.05) is 50.7 Å². The molecule has 0 heterocycles. The number of carboxylic acids is 6. The SMILES string of the molecule is O=C([O-])c1ccccc1C(=O)[O-].O=C([O-])c1ccccc1C(=O)[O-].O=C([O-])c1ccccc1C(=O)[O-].[Al].[CH2]CCCCCCCCCCCC.[CH2]CCCCCCCCCCCC.[CH2]CCCCCCCCCCCC. The molecule has 0 aromatic heterocycles. The molecule has 0 atom stereocenters. The summed E-state index contributed by atoms with van der Waals surface area (Å²) in [6.07, 6.45) is 46.1. The summed E-state index contributed by atoms with van der Waals surface area (Å²) in [6, 6.07) is 15.4. The molecule has 76 heavy (non-hydrogen) atoms. The fourth-order valence-corrected chi connectivity index (χ4v) is 7.51. The average Bonchev–Trinajstić information content (AvgIpc) is 3.40. The van der Waals surface area contributed by atoms with E-state index in [1.807, 2.05) is 0 Å². The first kappa shape index (κ1) is 77.5. The quantitative estimate of drug-likeness (QED) is 0.0390. The number of carbonyl (C=O) groups is 6. The Labute approximate surface area is 470 Å². The summed E-state index contributed by atoms with van der Waals surface area (Å²) in [6.45, 7) is 18.4. The minimum Gasteiger partial charge on any atom is -0.545 e. The van der Waals surface area contributed by atoms with Crippen molar-refractivity contribution in [3.05, 3.63) is 127 Å². The zero-order valence-electron chi connectivity index (χ0n) is 46.9. The van der Waals surface area contributed by atoms with Gasteiger partial charge in [0.25, 0.3) is 0 Å². The van der Waals surface area contributed by atoms with Gasteiger partial charge in [-0.25, -0.2) is 0 Å². The summed E-state index contributed by atoms with van der Waals surface area (Å²) in [4.78, 5) is 61.9. The van der Waals surface area contributed by atoms with Gasteiger partial charge in [-0.2, -0.15) is 0 Å². The van der Waals surface area contributed by atoms with Crippen molar-refractivity contribution < 1.29 is 59.4 Å². The van der Waals surface area contributed by atoms with Crippen LogP contribution in [0.5, 0.6) is 0 Å². The first-order valence-corrected chi connectivity index (χ1v) is 28.1. The van der Waals surface area contributed by atoms with Crippen LogP contribution in [-0.2, 0) is 0 Å². The Morgan fingerprint density at radius 1 is 0.263 bits per heavy atom. The molecule has 0 saturated carbocycles. The second kappa shape index (κ2) is 57.7. The molecular formula is C63H93AlO12-6. The van der Waals surface area contributed by atoms with Crippen LogP contribution in [0.3, 0.4) is 0 Å². The van der Waals surface area contributed by atoms with Crippen LogP contribution in [0.25, 0.3) is 0 Å². The third-order valence-corrected chi connectivity index (χ3v) is 11.9. The third-order valence-electron chi connectivity index (χ3n) is 11.9. The van der Waals surface area contributed by atoms with E-state index in [9.17, 15) is 59.4 Å². The molecule has 6 radical (unpaired) electrons. The Morgan fingerprint density at radius 3 is 0.487 bits per heavy atom. The maximum Gasteiger partial charge on any atom is 0.0721 e. The topological polar surface area (TPSA) is 241 Å². The summed E-state index contributed by atoms with van der Waals surface area (Å²) < 4.78 is 0. The first-order chi connectivity index (χ1) is 36.1. The summed E-state index contributed by atoms with van der Waals surface area (Å²) in [5.74, 6) is -9.11. The predicted octanol–water partition coefficient (Wildman–Crippen LogP) is 10.3. The van der Waals surface area contributed by atoms with E-state index >= 15 is 0 Å². The molecule has 3 aromatic carbocycles. The zero-order valence-corrected chi connectivity index (χ0v) is 48.0. The lowest BCUT2D eigenvalue weighted by molar-refractivity contribution is -0.259. The van der Waals surface area contributed by atoms with Crippen LogP contribution in [-0.4, -0.2) is 53.2 Å². The molecule has 426 valence electrons. The lowest BCUT2D eigenvalue weighted by atomic mass is 10.1. The van der Waals surface area contributed by atoms with Crippen molar-refractivity contribution in [3.8, 4) is 0 Å². The molecule has 13 heteroatoms. The number of benzene rings is 3. The molecule has 0 N–H and O–H groups in total. The number of hydrogen-bond acceptors (Lipinski definition) is 12. The number of hydrogen-bond donors (Lipinski definition) is 0. The largest absolute Gasteiger partial charge is 0.545 e. The summed E-state index contributed by atoms with van der Waals surface area (Å²) in [7, 11) is 0. The fourth-order valence-electron chi connectivity index (χ4n) is 7.51. The van der Waals surface area contributed by atoms with Crippen LogP contribution in [0.15, 0.2) is 72.8 Å². The van der Waals surface area contributed by atoms with Crippen molar-refractivity contribution in [1.29, 1.82) is 0 Å². The van der Waals surface area contributed by atoms with Gasteiger partial charge in [0.15, 0.2) is 0 Å². The van der Waals surface area contributed by atoms with E-state index in [1.54, 1.807) is 0 Å². The number of rotatable bonds is 36. The van der Waals surface area contributed by atoms with Gasteiger partial charge in [-0.3, -0.25) is 0 Å². The van der Waals surface area contributed by atoms with Crippen LogP contribution in [0.2, 0.25) is 0 Å². The Morgan fingerprint density at radius 2 is 0.382 bits per heavy atom. The maximum atomic E-state index is 10.3. The van der Waals surface area contributed by atoms with Gasteiger partial charge in [-0.1, -0.05) is 326 Å². The Hall–Kier alpha value is -4.99. The number of unbranched alkanes of at least 4 members (excludes halogenated alkanes) is 30. The number of aromatic carboxylic acids is 6. The Bertz CT molecular complexity index is 1540. The smallest absolute Gasteiger partial charge is 0.0721 e. The van der Waals surface area contributed by atoms with Gasteiger partial charge in [0.1, 0.15) is 0 Å². The van der Waals surface area contributed by atoms with Gasteiger partial charge in [0.05, 0.1) is 35.8 Å². The van der Waals surface area contributed by atoms with E-state index in [2.05, 4.69) is 41.5 Å². The molecule has 0 aliphatic rings. The van der Waals surface area contributed by atoms with Crippen molar-refractivity contribution >= 4 is 53.2 Å². The molecule has 3 rings (SSSR count). The monoisotopic (exact) mass is 1070 g/mol. The van der Waals surface area contributed by atoms with E-state index in [0.717, 1.165) is 55.7 Å². The minimum absolute atomic E-state index is 0. The second-order valence-electron chi connectivity index (χ2n) is 18.5. The highest BCUT2D eigenvalue weighted by molar-refractivity contribution is 6.01. The molecule has 0 aliphatic heterocycles. The van der Waals surface area contributed by atoms with Gasteiger partial charge in [0.2, 0.25) is 0 Å². The van der Waals surface area contributed by atoms with E-state index in [4.69, 9.17) is 0 Å². The standard InChI is InChI=1S/3C13H27.3C8H6O4.Al/c3*1-3-5-7-9-11-13-12-10-8-6-4-2;3*9-7(10)5-3-1-2-4-6(5)8(11)12;/h3*1,3-13H2,2H3;3*1-4H,(H,9,10)(H,11,12);/p-6. The zero-order chi connectivity index (χ0) is 56.7. The normalized spacial score (nSPS) is 9.87. The van der Waals surface area contributed by atoms with Crippen molar-refractivity contribution in [2.45, 2.75) is 233 Å².